The van der Waals surface area contributed by atoms with Crippen LogP contribution in [0.1, 0.15) is 10.4 Å². The molecule has 0 radical (unpaired) electrons. The third kappa shape index (κ3) is 2.83. The summed E-state index contributed by atoms with van der Waals surface area (Å²) in [6.07, 6.45) is 0. The average molecular weight is 273 g/mol. The van der Waals surface area contributed by atoms with Gasteiger partial charge in [0.1, 0.15) is 22.9 Å². The lowest BCUT2D eigenvalue weighted by atomic mass is 10.2. The third-order valence-corrected chi connectivity index (χ3v) is 2.74. The number of hydrogen-bond acceptors (Lipinski definition) is 5. The Morgan fingerprint density at radius 3 is 2.05 bits per heavy atom. The highest BCUT2D eigenvalue weighted by Crippen LogP contribution is 2.36. The first-order valence-electron chi connectivity index (χ1n) is 5.94. The van der Waals surface area contributed by atoms with Gasteiger partial charge in [0.2, 0.25) is 0 Å². The monoisotopic (exact) mass is 273 g/mol. The molecule has 0 atom stereocenters. The zero-order chi connectivity index (χ0) is 14.5. The van der Waals surface area contributed by atoms with Gasteiger partial charge in [0.25, 0.3) is 0 Å². The summed E-state index contributed by atoms with van der Waals surface area (Å²) in [6.45, 7) is 0. The van der Waals surface area contributed by atoms with Crippen LogP contribution in [0.2, 0.25) is 0 Å². The van der Waals surface area contributed by atoms with E-state index in [0.717, 1.165) is 0 Å². The van der Waals surface area contributed by atoms with Crippen LogP contribution in [0.25, 0.3) is 0 Å². The van der Waals surface area contributed by atoms with Crippen molar-refractivity contribution in [2.75, 3.05) is 20.0 Å². The van der Waals surface area contributed by atoms with Gasteiger partial charge in [-0.25, -0.2) is 4.79 Å². The molecule has 0 saturated carbocycles. The first-order valence-corrected chi connectivity index (χ1v) is 5.94. The van der Waals surface area contributed by atoms with E-state index in [4.69, 9.17) is 19.9 Å². The molecule has 0 saturated heterocycles. The van der Waals surface area contributed by atoms with Crippen LogP contribution in [0.3, 0.4) is 0 Å². The Balaban J connectivity index is 2.28. The van der Waals surface area contributed by atoms with Gasteiger partial charge in [-0.1, -0.05) is 18.2 Å². The van der Waals surface area contributed by atoms with Gasteiger partial charge in [0.15, 0.2) is 0 Å². The quantitative estimate of drug-likeness (QED) is 0.526. The first kappa shape index (κ1) is 13.7. The highest BCUT2D eigenvalue weighted by molar-refractivity contribution is 5.91. The number of nitrogen functional groups attached to an aromatic ring is 1. The molecule has 20 heavy (non-hydrogen) atoms. The minimum atomic E-state index is -0.459. The Hall–Kier alpha value is -2.69. The van der Waals surface area contributed by atoms with Crippen LogP contribution >= 0.6 is 0 Å². The van der Waals surface area contributed by atoms with Gasteiger partial charge in [-0.05, 0) is 12.1 Å². The summed E-state index contributed by atoms with van der Waals surface area (Å²) in [4.78, 5) is 12.0. The highest BCUT2D eigenvalue weighted by atomic mass is 16.5. The second-order valence-electron chi connectivity index (χ2n) is 4.00. The Morgan fingerprint density at radius 2 is 1.55 bits per heavy atom. The lowest BCUT2D eigenvalue weighted by Crippen LogP contribution is -2.08. The summed E-state index contributed by atoms with van der Waals surface area (Å²) in [5, 5.41) is 0. The van der Waals surface area contributed by atoms with E-state index in [0.29, 0.717) is 28.5 Å². The molecular formula is C15H15NO4. The summed E-state index contributed by atoms with van der Waals surface area (Å²) >= 11 is 0. The predicted octanol–water partition coefficient (Wildman–Crippen LogP) is 2.51. The fourth-order valence-corrected chi connectivity index (χ4v) is 1.71. The second kappa shape index (κ2) is 5.97. The molecule has 5 heteroatoms. The van der Waals surface area contributed by atoms with Gasteiger partial charge in [-0.3, -0.25) is 0 Å². The Bertz CT molecular complexity index is 586. The van der Waals surface area contributed by atoms with E-state index < -0.39 is 5.97 Å². The smallest absolute Gasteiger partial charge is 0.343 e. The Kier molecular flexibility index (Phi) is 4.10. The Labute approximate surface area is 116 Å². The van der Waals surface area contributed by atoms with Crippen LogP contribution in [0.15, 0.2) is 42.5 Å². The molecule has 2 aromatic rings. The van der Waals surface area contributed by atoms with Gasteiger partial charge in [0, 0.05) is 12.1 Å². The number of nitrogens with two attached hydrogens (primary N) is 1. The van der Waals surface area contributed by atoms with E-state index >= 15 is 0 Å². The van der Waals surface area contributed by atoms with Crippen molar-refractivity contribution in [2.24, 2.45) is 0 Å². The molecule has 0 bridgehead atoms. The molecule has 0 heterocycles. The van der Waals surface area contributed by atoms with Gasteiger partial charge >= 0.3 is 5.97 Å². The molecule has 0 unspecified atom stereocenters. The molecule has 2 rings (SSSR count). The van der Waals surface area contributed by atoms with Gasteiger partial charge in [-0.2, -0.15) is 0 Å². The number of ether oxygens (including phenoxy) is 3. The van der Waals surface area contributed by atoms with Crippen LogP contribution in [-0.2, 0) is 0 Å². The fraction of sp³-hybridized carbons (Fsp3) is 0.133. The van der Waals surface area contributed by atoms with E-state index in [1.54, 1.807) is 36.4 Å². The summed E-state index contributed by atoms with van der Waals surface area (Å²) in [5.74, 6) is 0.627. The van der Waals surface area contributed by atoms with Crippen molar-refractivity contribution in [1.29, 1.82) is 0 Å². The zero-order valence-electron chi connectivity index (χ0n) is 11.3. The number of benzene rings is 2. The molecule has 104 valence electrons. The number of carbonyl (C=O) groups is 1. The van der Waals surface area contributed by atoms with Crippen LogP contribution in [0.5, 0.6) is 17.2 Å². The normalized spacial score (nSPS) is 9.90. The lowest BCUT2D eigenvalue weighted by molar-refractivity contribution is 0.0734. The van der Waals surface area contributed by atoms with Crippen LogP contribution in [0, 0.1) is 0 Å². The van der Waals surface area contributed by atoms with Crippen molar-refractivity contribution in [1.82, 2.24) is 0 Å². The van der Waals surface area contributed by atoms with E-state index in [1.165, 1.54) is 14.2 Å². The number of carbonyl (C=O) groups excluding carboxylic acids is 1. The van der Waals surface area contributed by atoms with Crippen LogP contribution in [0.4, 0.5) is 5.69 Å². The van der Waals surface area contributed by atoms with Crippen molar-refractivity contribution in [3.05, 3.63) is 48.0 Å². The minimum Gasteiger partial charge on any atom is -0.494 e. The van der Waals surface area contributed by atoms with Crippen LogP contribution < -0.4 is 19.9 Å². The van der Waals surface area contributed by atoms with E-state index in [2.05, 4.69) is 0 Å². The van der Waals surface area contributed by atoms with Crippen molar-refractivity contribution >= 4 is 11.7 Å². The number of anilines is 1. The van der Waals surface area contributed by atoms with Crippen LogP contribution in [-0.4, -0.2) is 20.2 Å². The topological polar surface area (TPSA) is 70.8 Å². The van der Waals surface area contributed by atoms with Gasteiger partial charge in [-0.15, -0.1) is 0 Å². The number of rotatable bonds is 4. The van der Waals surface area contributed by atoms with Crippen molar-refractivity contribution in [2.45, 2.75) is 0 Å². The summed E-state index contributed by atoms with van der Waals surface area (Å²) in [7, 11) is 2.96. The van der Waals surface area contributed by atoms with Crippen molar-refractivity contribution < 1.29 is 19.0 Å². The highest BCUT2D eigenvalue weighted by Gasteiger charge is 2.13. The molecule has 0 aliphatic heterocycles. The van der Waals surface area contributed by atoms with Gasteiger partial charge < -0.3 is 19.9 Å². The predicted molar refractivity (Wildman–Crippen MR) is 75.4 cm³/mol. The van der Waals surface area contributed by atoms with E-state index in [9.17, 15) is 4.79 Å². The molecule has 5 nitrogen and oxygen atoms in total. The zero-order valence-corrected chi connectivity index (χ0v) is 11.3. The molecule has 0 fully saturated rings. The molecule has 0 aliphatic carbocycles. The molecule has 0 aromatic heterocycles. The largest absolute Gasteiger partial charge is 0.494 e. The summed E-state index contributed by atoms with van der Waals surface area (Å²) in [5.41, 5.74) is 6.64. The number of esters is 1. The maximum Gasteiger partial charge on any atom is 0.343 e. The maximum absolute atomic E-state index is 12.0. The second-order valence-corrected chi connectivity index (χ2v) is 4.00. The average Bonchev–Trinajstić information content (AvgIpc) is 2.49. The fourth-order valence-electron chi connectivity index (χ4n) is 1.71. The molecular weight excluding hydrogens is 258 g/mol. The Morgan fingerprint density at radius 1 is 1.00 bits per heavy atom. The maximum atomic E-state index is 12.0. The standard InChI is InChI=1S/C15H15NO4/c1-18-12-8-11(9-13(19-2)14(12)16)20-15(17)10-6-4-3-5-7-10/h3-9H,16H2,1-2H3. The molecule has 2 N–H and O–H groups in total. The van der Waals surface area contributed by atoms with E-state index in [1.807, 2.05) is 6.07 Å². The van der Waals surface area contributed by atoms with E-state index in [-0.39, 0.29) is 0 Å². The third-order valence-electron chi connectivity index (χ3n) is 2.74. The lowest BCUT2D eigenvalue weighted by Gasteiger charge is -2.12. The number of hydrogen-bond donors (Lipinski definition) is 1. The number of methoxy groups -OCH3 is 2. The minimum absolute atomic E-state index is 0.307. The van der Waals surface area contributed by atoms with Gasteiger partial charge in [0.05, 0.1) is 19.8 Å². The molecule has 0 aliphatic rings. The first-order chi connectivity index (χ1) is 9.65. The SMILES string of the molecule is COc1cc(OC(=O)c2ccccc2)cc(OC)c1N. The molecule has 0 spiro atoms. The van der Waals surface area contributed by atoms with Crippen molar-refractivity contribution in [3.8, 4) is 17.2 Å². The molecule has 0 amide bonds. The summed E-state index contributed by atoms with van der Waals surface area (Å²) in [6, 6.07) is 11.8. The molecule has 2 aromatic carbocycles. The van der Waals surface area contributed by atoms with Crippen molar-refractivity contribution in [3.63, 3.8) is 0 Å². The summed E-state index contributed by atoms with van der Waals surface area (Å²) < 4.78 is 15.5.